The average molecular weight is 633 g/mol. The molecule has 2 heterocycles. The molecule has 0 saturated carbocycles. The first-order valence-corrected chi connectivity index (χ1v) is 14.3. The number of benzene rings is 3. The van der Waals surface area contributed by atoms with Crippen molar-refractivity contribution in [1.82, 2.24) is 20.4 Å². The van der Waals surface area contributed by atoms with Gasteiger partial charge in [0, 0.05) is 23.6 Å². The van der Waals surface area contributed by atoms with Crippen LogP contribution < -0.4 is 15.5 Å². The van der Waals surface area contributed by atoms with Gasteiger partial charge in [-0.1, -0.05) is 36.4 Å². The van der Waals surface area contributed by atoms with Crippen LogP contribution in [0.2, 0.25) is 0 Å². The van der Waals surface area contributed by atoms with Crippen LogP contribution in [0.4, 0.5) is 23.4 Å². The molecule has 3 atom stereocenters. The summed E-state index contributed by atoms with van der Waals surface area (Å²) < 4.78 is 56.0. The molecule has 3 amide bonds. The van der Waals surface area contributed by atoms with E-state index in [0.29, 0.717) is 34.4 Å². The normalized spacial score (nSPS) is 16.7. The highest BCUT2D eigenvalue weighted by Crippen LogP contribution is 2.44. The molecule has 0 fully saturated rings. The summed E-state index contributed by atoms with van der Waals surface area (Å²) in [6.07, 6.45) is -4.70. The van der Waals surface area contributed by atoms with Gasteiger partial charge >= 0.3 is 6.18 Å². The topological polar surface area (TPSA) is 120 Å². The summed E-state index contributed by atoms with van der Waals surface area (Å²) in [4.78, 5) is 41.8. The van der Waals surface area contributed by atoms with E-state index in [9.17, 15) is 37.2 Å². The Hall–Kier alpha value is -5.51. The van der Waals surface area contributed by atoms with Gasteiger partial charge in [-0.3, -0.25) is 19.3 Å². The van der Waals surface area contributed by atoms with Gasteiger partial charge in [0.25, 0.3) is 11.8 Å². The van der Waals surface area contributed by atoms with E-state index in [1.165, 1.54) is 46.8 Å². The molecule has 0 aliphatic carbocycles. The van der Waals surface area contributed by atoms with Crippen molar-refractivity contribution in [3.63, 3.8) is 0 Å². The molecule has 0 radical (unpaired) electrons. The number of carbonyl (C=O) groups excluding carboxylic acids is 3. The molecule has 1 aromatic heterocycles. The van der Waals surface area contributed by atoms with Crippen LogP contribution in [0.3, 0.4) is 0 Å². The molecule has 0 saturated heterocycles. The number of halogens is 4. The van der Waals surface area contributed by atoms with Gasteiger partial charge in [-0.2, -0.15) is 23.5 Å². The maximum absolute atomic E-state index is 14.3. The van der Waals surface area contributed by atoms with Crippen molar-refractivity contribution in [3.05, 3.63) is 113 Å². The Morgan fingerprint density at radius 3 is 2.37 bits per heavy atom. The molecule has 4 aromatic rings. The molecular formula is C33H28F4N6O3. The Morgan fingerprint density at radius 1 is 1.04 bits per heavy atom. The summed E-state index contributed by atoms with van der Waals surface area (Å²) in [7, 11) is 0. The number of carbonyl (C=O) groups is 3. The number of alkyl halides is 3. The number of aromatic nitrogens is 2. The lowest BCUT2D eigenvalue weighted by atomic mass is 9.80. The standard InChI is InChI=1S/C33H28F4N6O3/c1-3-42-31-27(25(18-39-29(44)19(2)17-38)41-43(31)24-10-5-4-6-11-24)26(20-12-14-23(34)15-13-20)28(32(42)46)40-30(45)21-8-7-9-22(16-21)33(35,36)37/h4-16,19,26,28H,3,18H2,1-2H3,(H,39,44)(H,40,45)/t19-,26-,28-/m0/s1. The highest BCUT2D eigenvalue weighted by atomic mass is 19.4. The summed E-state index contributed by atoms with van der Waals surface area (Å²) in [5.74, 6) is -4.23. The highest BCUT2D eigenvalue weighted by Gasteiger charge is 2.46. The second-order valence-electron chi connectivity index (χ2n) is 10.6. The van der Waals surface area contributed by atoms with Gasteiger partial charge < -0.3 is 10.6 Å². The van der Waals surface area contributed by atoms with E-state index in [2.05, 4.69) is 10.6 Å². The second kappa shape index (κ2) is 12.8. The van der Waals surface area contributed by atoms with Crippen LogP contribution in [0.25, 0.3) is 5.69 Å². The fourth-order valence-corrected chi connectivity index (χ4v) is 5.43. The predicted octanol–water partition coefficient (Wildman–Crippen LogP) is 5.10. The SMILES string of the molecule is CCN1C(=O)[C@@H](NC(=O)c2cccc(C(F)(F)F)c2)[C@@H](c2ccc(F)cc2)c2c(CNC(=O)[C@@H](C)C#N)nn(-c3ccccc3)c21. The highest BCUT2D eigenvalue weighted by molar-refractivity contribution is 6.05. The molecule has 236 valence electrons. The van der Waals surface area contributed by atoms with Crippen molar-refractivity contribution >= 4 is 23.5 Å². The van der Waals surface area contributed by atoms with E-state index >= 15 is 0 Å². The summed E-state index contributed by atoms with van der Waals surface area (Å²) in [6, 6.07) is 18.5. The second-order valence-corrected chi connectivity index (χ2v) is 10.6. The summed E-state index contributed by atoms with van der Waals surface area (Å²) in [5.41, 5.74) is 0.375. The third kappa shape index (κ3) is 6.19. The maximum atomic E-state index is 14.3. The minimum Gasteiger partial charge on any atom is -0.349 e. The Kier molecular flexibility index (Phi) is 8.91. The molecule has 9 nitrogen and oxygen atoms in total. The molecule has 1 aliphatic heterocycles. The van der Waals surface area contributed by atoms with Gasteiger partial charge in [-0.25, -0.2) is 9.07 Å². The van der Waals surface area contributed by atoms with Gasteiger partial charge in [-0.05, 0) is 61.9 Å². The average Bonchev–Trinajstić information content (AvgIpc) is 3.43. The maximum Gasteiger partial charge on any atom is 0.416 e. The van der Waals surface area contributed by atoms with Crippen molar-refractivity contribution in [2.45, 2.75) is 38.5 Å². The molecule has 0 unspecified atom stereocenters. The van der Waals surface area contributed by atoms with Crippen LogP contribution in [0.15, 0.2) is 78.9 Å². The van der Waals surface area contributed by atoms with Crippen molar-refractivity contribution in [2.75, 3.05) is 11.4 Å². The smallest absolute Gasteiger partial charge is 0.349 e. The van der Waals surface area contributed by atoms with Crippen molar-refractivity contribution in [1.29, 1.82) is 5.26 Å². The third-order valence-corrected chi connectivity index (χ3v) is 7.71. The van der Waals surface area contributed by atoms with E-state index in [4.69, 9.17) is 5.10 Å². The van der Waals surface area contributed by atoms with E-state index in [0.717, 1.165) is 12.1 Å². The minimum atomic E-state index is -4.70. The van der Waals surface area contributed by atoms with Crippen LogP contribution in [-0.4, -0.2) is 40.1 Å². The number of nitrogens with zero attached hydrogens (tertiary/aromatic N) is 4. The number of nitrogens with one attached hydrogen (secondary N) is 2. The molecular weight excluding hydrogens is 604 g/mol. The van der Waals surface area contributed by atoms with Crippen molar-refractivity contribution in [2.24, 2.45) is 5.92 Å². The van der Waals surface area contributed by atoms with Crippen LogP contribution >= 0.6 is 0 Å². The summed E-state index contributed by atoms with van der Waals surface area (Å²) in [5, 5.41) is 19.3. The van der Waals surface area contributed by atoms with Gasteiger partial charge in [0.15, 0.2) is 0 Å². The number of likely N-dealkylation sites (N-methyl/N-ethyl adjacent to an activating group) is 1. The molecule has 0 bridgehead atoms. The number of amides is 3. The van der Waals surface area contributed by atoms with Crippen LogP contribution in [0.5, 0.6) is 0 Å². The first-order valence-electron chi connectivity index (χ1n) is 14.3. The molecule has 13 heteroatoms. The van der Waals surface area contributed by atoms with Gasteiger partial charge in [0.05, 0.1) is 29.6 Å². The Morgan fingerprint density at radius 2 is 1.74 bits per heavy atom. The predicted molar refractivity (Wildman–Crippen MR) is 159 cm³/mol. The first kappa shape index (κ1) is 31.9. The number of nitriles is 1. The Balaban J connectivity index is 1.69. The first-order chi connectivity index (χ1) is 21.9. The molecule has 3 aromatic carbocycles. The fourth-order valence-electron chi connectivity index (χ4n) is 5.43. The number of anilines is 1. The van der Waals surface area contributed by atoms with Crippen LogP contribution in [0, 0.1) is 23.1 Å². The lowest BCUT2D eigenvalue weighted by Gasteiger charge is -2.38. The van der Waals surface area contributed by atoms with E-state index < -0.39 is 53.2 Å². The van der Waals surface area contributed by atoms with E-state index in [1.807, 2.05) is 6.07 Å². The zero-order valence-corrected chi connectivity index (χ0v) is 24.7. The van der Waals surface area contributed by atoms with E-state index in [-0.39, 0.29) is 18.7 Å². The third-order valence-electron chi connectivity index (χ3n) is 7.71. The molecule has 2 N–H and O–H groups in total. The number of fused-ring (bicyclic) bond motifs is 1. The minimum absolute atomic E-state index is 0.119. The van der Waals surface area contributed by atoms with E-state index in [1.54, 1.807) is 37.3 Å². The quantitative estimate of drug-likeness (QED) is 0.262. The van der Waals surface area contributed by atoms with Crippen molar-refractivity contribution in [3.8, 4) is 11.8 Å². The Bertz CT molecular complexity index is 1820. The molecule has 5 rings (SSSR count). The number of rotatable bonds is 8. The van der Waals surface area contributed by atoms with Gasteiger partial charge in [0.1, 0.15) is 23.6 Å². The van der Waals surface area contributed by atoms with Crippen LogP contribution in [-0.2, 0) is 22.3 Å². The zero-order chi connectivity index (χ0) is 33.2. The number of hydrogen-bond acceptors (Lipinski definition) is 5. The molecule has 46 heavy (non-hydrogen) atoms. The lowest BCUT2D eigenvalue weighted by molar-refractivity contribution is -0.137. The number of para-hydroxylation sites is 1. The zero-order valence-electron chi connectivity index (χ0n) is 24.7. The summed E-state index contributed by atoms with van der Waals surface area (Å²) >= 11 is 0. The molecule has 1 aliphatic rings. The van der Waals surface area contributed by atoms with Gasteiger partial charge in [0.2, 0.25) is 5.91 Å². The summed E-state index contributed by atoms with van der Waals surface area (Å²) in [6.45, 7) is 3.11. The largest absolute Gasteiger partial charge is 0.416 e. The lowest BCUT2D eigenvalue weighted by Crippen LogP contribution is -2.55. The molecule has 0 spiro atoms. The van der Waals surface area contributed by atoms with Crippen LogP contribution in [0.1, 0.15) is 52.5 Å². The fraction of sp³-hybridized carbons (Fsp3) is 0.242. The monoisotopic (exact) mass is 632 g/mol. The van der Waals surface area contributed by atoms with Gasteiger partial charge in [-0.15, -0.1) is 0 Å². The number of hydrogen-bond donors (Lipinski definition) is 2. The van der Waals surface area contributed by atoms with Crippen molar-refractivity contribution < 1.29 is 31.9 Å². The Labute approximate surface area is 261 Å².